The standard InChI is InChI=1S/C8H10FNO/c1-3-6-4-7(9)8(11)10(2)5-6/h4-5H,3H2,1-2H3. The highest BCUT2D eigenvalue weighted by Gasteiger charge is 2.00. The van der Waals surface area contributed by atoms with Crippen molar-refractivity contribution in [1.29, 1.82) is 0 Å². The van der Waals surface area contributed by atoms with E-state index in [-0.39, 0.29) is 0 Å². The molecule has 0 aromatic carbocycles. The fourth-order valence-electron chi connectivity index (χ4n) is 0.931. The fourth-order valence-corrected chi connectivity index (χ4v) is 0.931. The zero-order valence-electron chi connectivity index (χ0n) is 6.60. The summed E-state index contributed by atoms with van der Waals surface area (Å²) in [5.74, 6) is -0.674. The highest BCUT2D eigenvalue weighted by atomic mass is 19.1. The normalized spacial score (nSPS) is 10.1. The zero-order valence-corrected chi connectivity index (χ0v) is 6.60. The second-order valence-corrected chi connectivity index (χ2v) is 2.47. The first kappa shape index (κ1) is 7.98. The number of pyridine rings is 1. The van der Waals surface area contributed by atoms with Crippen molar-refractivity contribution in [2.24, 2.45) is 7.05 Å². The van der Waals surface area contributed by atoms with E-state index in [1.54, 1.807) is 13.2 Å². The van der Waals surface area contributed by atoms with E-state index in [1.807, 2.05) is 6.92 Å². The number of hydrogen-bond donors (Lipinski definition) is 0. The van der Waals surface area contributed by atoms with Crippen molar-refractivity contribution in [3.8, 4) is 0 Å². The topological polar surface area (TPSA) is 22.0 Å². The Morgan fingerprint density at radius 3 is 2.73 bits per heavy atom. The van der Waals surface area contributed by atoms with Gasteiger partial charge in [0.25, 0.3) is 5.56 Å². The predicted octanol–water partition coefficient (Wildman–Crippen LogP) is 1.09. The summed E-state index contributed by atoms with van der Waals surface area (Å²) < 4.78 is 14.0. The number of halogens is 1. The minimum atomic E-state index is -0.674. The first-order chi connectivity index (χ1) is 5.15. The van der Waals surface area contributed by atoms with E-state index in [1.165, 1.54) is 10.6 Å². The molecule has 0 fully saturated rings. The van der Waals surface area contributed by atoms with Gasteiger partial charge in [0.2, 0.25) is 0 Å². The van der Waals surface area contributed by atoms with E-state index < -0.39 is 11.4 Å². The summed E-state index contributed by atoms with van der Waals surface area (Å²) in [4.78, 5) is 10.8. The van der Waals surface area contributed by atoms with Crippen molar-refractivity contribution in [2.75, 3.05) is 0 Å². The Kier molecular flexibility index (Phi) is 2.08. The van der Waals surface area contributed by atoms with Gasteiger partial charge in [0, 0.05) is 13.2 Å². The van der Waals surface area contributed by atoms with Crippen molar-refractivity contribution >= 4 is 0 Å². The smallest absolute Gasteiger partial charge is 0.286 e. The molecule has 0 aliphatic heterocycles. The molecule has 60 valence electrons. The van der Waals surface area contributed by atoms with Crippen LogP contribution in [0.15, 0.2) is 17.1 Å². The molecule has 0 spiro atoms. The average molecular weight is 155 g/mol. The molecule has 3 heteroatoms. The Morgan fingerprint density at radius 1 is 1.64 bits per heavy atom. The van der Waals surface area contributed by atoms with Gasteiger partial charge in [-0.15, -0.1) is 0 Å². The Hall–Kier alpha value is -1.12. The van der Waals surface area contributed by atoms with Gasteiger partial charge < -0.3 is 4.57 Å². The second-order valence-electron chi connectivity index (χ2n) is 2.47. The summed E-state index contributed by atoms with van der Waals surface area (Å²) in [6, 6.07) is 1.28. The molecule has 1 aromatic rings. The first-order valence-corrected chi connectivity index (χ1v) is 3.50. The molecule has 11 heavy (non-hydrogen) atoms. The number of aromatic nitrogens is 1. The van der Waals surface area contributed by atoms with Crippen molar-refractivity contribution in [3.05, 3.63) is 34.0 Å². The Labute approximate surface area is 64.3 Å². The summed E-state index contributed by atoms with van der Waals surface area (Å²) in [6.45, 7) is 1.92. The van der Waals surface area contributed by atoms with Crippen LogP contribution in [0.1, 0.15) is 12.5 Å². The lowest BCUT2D eigenvalue weighted by molar-refractivity contribution is 0.587. The molecule has 0 saturated heterocycles. The van der Waals surface area contributed by atoms with Crippen molar-refractivity contribution in [2.45, 2.75) is 13.3 Å². The quantitative estimate of drug-likeness (QED) is 0.595. The lowest BCUT2D eigenvalue weighted by Gasteiger charge is -2.00. The molecule has 0 bridgehead atoms. The highest BCUT2D eigenvalue weighted by molar-refractivity contribution is 5.10. The SMILES string of the molecule is CCc1cc(F)c(=O)n(C)c1. The van der Waals surface area contributed by atoms with Crippen molar-refractivity contribution in [1.82, 2.24) is 4.57 Å². The molecule has 1 rings (SSSR count). The van der Waals surface area contributed by atoms with Crippen LogP contribution >= 0.6 is 0 Å². The van der Waals surface area contributed by atoms with Crippen LogP contribution in [-0.4, -0.2) is 4.57 Å². The number of hydrogen-bond acceptors (Lipinski definition) is 1. The van der Waals surface area contributed by atoms with E-state index in [2.05, 4.69) is 0 Å². The lowest BCUT2D eigenvalue weighted by atomic mass is 10.2. The summed E-state index contributed by atoms with van der Waals surface area (Å²) in [7, 11) is 1.55. The number of rotatable bonds is 1. The molecule has 1 aromatic heterocycles. The van der Waals surface area contributed by atoms with Gasteiger partial charge in [0.15, 0.2) is 5.82 Å². The molecule has 0 aliphatic carbocycles. The largest absolute Gasteiger partial charge is 0.316 e. The van der Waals surface area contributed by atoms with Crippen LogP contribution in [0.5, 0.6) is 0 Å². The van der Waals surface area contributed by atoms with Crippen LogP contribution in [-0.2, 0) is 13.5 Å². The monoisotopic (exact) mass is 155 g/mol. The lowest BCUT2D eigenvalue weighted by Crippen LogP contribution is -2.19. The van der Waals surface area contributed by atoms with E-state index >= 15 is 0 Å². The van der Waals surface area contributed by atoms with Crippen LogP contribution < -0.4 is 5.56 Å². The molecule has 0 N–H and O–H groups in total. The maximum absolute atomic E-state index is 12.7. The van der Waals surface area contributed by atoms with E-state index in [9.17, 15) is 9.18 Å². The maximum Gasteiger partial charge on any atom is 0.286 e. The third-order valence-corrected chi connectivity index (χ3v) is 1.60. The Balaban J connectivity index is 3.32. The van der Waals surface area contributed by atoms with Gasteiger partial charge in [-0.05, 0) is 18.1 Å². The minimum Gasteiger partial charge on any atom is -0.316 e. The third-order valence-electron chi connectivity index (χ3n) is 1.60. The second kappa shape index (κ2) is 2.86. The van der Waals surface area contributed by atoms with Crippen LogP contribution in [0, 0.1) is 5.82 Å². The molecular weight excluding hydrogens is 145 g/mol. The summed E-state index contributed by atoms with van der Waals surface area (Å²) in [6.07, 6.45) is 2.39. The van der Waals surface area contributed by atoms with Crippen LogP contribution in [0.25, 0.3) is 0 Å². The van der Waals surface area contributed by atoms with Gasteiger partial charge in [0.1, 0.15) is 0 Å². The summed E-state index contributed by atoms with van der Waals surface area (Å²) in [5, 5.41) is 0. The molecular formula is C8H10FNO. The molecule has 0 saturated carbocycles. The van der Waals surface area contributed by atoms with Crippen LogP contribution in [0.3, 0.4) is 0 Å². The predicted molar refractivity (Wildman–Crippen MR) is 41.0 cm³/mol. The Morgan fingerprint density at radius 2 is 2.27 bits per heavy atom. The van der Waals surface area contributed by atoms with Crippen molar-refractivity contribution in [3.63, 3.8) is 0 Å². The van der Waals surface area contributed by atoms with Crippen molar-refractivity contribution < 1.29 is 4.39 Å². The van der Waals surface area contributed by atoms with Gasteiger partial charge in [-0.2, -0.15) is 0 Å². The first-order valence-electron chi connectivity index (χ1n) is 3.50. The summed E-state index contributed by atoms with van der Waals surface area (Å²) in [5.41, 5.74) is 0.270. The van der Waals surface area contributed by atoms with E-state index in [0.29, 0.717) is 0 Å². The molecule has 0 atom stereocenters. The van der Waals surface area contributed by atoms with Crippen LogP contribution in [0.2, 0.25) is 0 Å². The third kappa shape index (κ3) is 1.48. The number of aryl methyl sites for hydroxylation is 2. The molecule has 0 amide bonds. The van der Waals surface area contributed by atoms with Gasteiger partial charge in [-0.1, -0.05) is 6.92 Å². The zero-order chi connectivity index (χ0) is 8.43. The van der Waals surface area contributed by atoms with Gasteiger partial charge >= 0.3 is 0 Å². The Bertz CT molecular complexity index is 290. The van der Waals surface area contributed by atoms with Gasteiger partial charge in [-0.25, -0.2) is 4.39 Å². The maximum atomic E-state index is 12.7. The van der Waals surface area contributed by atoms with E-state index in [0.717, 1.165) is 12.0 Å². The minimum absolute atomic E-state index is 0.567. The molecule has 2 nitrogen and oxygen atoms in total. The average Bonchev–Trinajstić information content (AvgIpc) is 1.99. The van der Waals surface area contributed by atoms with Crippen LogP contribution in [0.4, 0.5) is 4.39 Å². The molecule has 1 heterocycles. The van der Waals surface area contributed by atoms with E-state index in [4.69, 9.17) is 0 Å². The van der Waals surface area contributed by atoms with Gasteiger partial charge in [-0.3, -0.25) is 4.79 Å². The molecule has 0 aliphatic rings. The fraction of sp³-hybridized carbons (Fsp3) is 0.375. The molecule has 0 radical (unpaired) electrons. The summed E-state index contributed by atoms with van der Waals surface area (Å²) >= 11 is 0. The highest BCUT2D eigenvalue weighted by Crippen LogP contribution is 1.98. The van der Waals surface area contributed by atoms with Gasteiger partial charge in [0.05, 0.1) is 0 Å². The molecule has 0 unspecified atom stereocenters. The number of nitrogens with zero attached hydrogens (tertiary/aromatic N) is 1.